The number of anilines is 2. The zero-order valence-corrected chi connectivity index (χ0v) is 20.7. The number of carbonyl (C=O) groups excluding carboxylic acids is 1. The molecule has 0 spiro atoms. The molecule has 1 fully saturated rings. The van der Waals surface area contributed by atoms with E-state index in [2.05, 4.69) is 40.4 Å². The summed E-state index contributed by atoms with van der Waals surface area (Å²) in [5, 5.41) is 8.98. The van der Waals surface area contributed by atoms with Gasteiger partial charge in [0.2, 0.25) is 0 Å². The number of carbonyl (C=O) groups is 1. The maximum absolute atomic E-state index is 13.4. The van der Waals surface area contributed by atoms with Gasteiger partial charge >= 0.3 is 0 Å². The molecule has 2 aromatic heterocycles. The Bertz CT molecular complexity index is 1360. The summed E-state index contributed by atoms with van der Waals surface area (Å²) in [7, 11) is -4.26. The summed E-state index contributed by atoms with van der Waals surface area (Å²) >= 11 is 0. The van der Waals surface area contributed by atoms with Gasteiger partial charge in [0.15, 0.2) is 5.03 Å². The molecule has 0 aliphatic carbocycles. The van der Waals surface area contributed by atoms with Gasteiger partial charge < -0.3 is 15.7 Å². The Hall–Kier alpha value is -3.50. The number of aliphatic hydroxyl groups is 1. The number of rotatable bonds is 6. The Kier molecular flexibility index (Phi) is 6.52. The van der Waals surface area contributed by atoms with Gasteiger partial charge in [-0.2, -0.15) is 8.42 Å². The summed E-state index contributed by atoms with van der Waals surface area (Å²) in [6.07, 6.45) is 2.58. The van der Waals surface area contributed by atoms with E-state index in [4.69, 9.17) is 5.73 Å². The highest BCUT2D eigenvalue weighted by Gasteiger charge is 2.39. The fourth-order valence-corrected chi connectivity index (χ4v) is 5.51. The third kappa shape index (κ3) is 5.13. The van der Waals surface area contributed by atoms with E-state index in [1.54, 1.807) is 24.4 Å². The van der Waals surface area contributed by atoms with Gasteiger partial charge in [0.05, 0.1) is 12.2 Å². The lowest BCUT2D eigenvalue weighted by Crippen LogP contribution is -2.41. The number of benzene rings is 1. The maximum Gasteiger partial charge on any atom is 0.281 e. The van der Waals surface area contributed by atoms with Gasteiger partial charge in [-0.3, -0.25) is 4.79 Å². The second-order valence-corrected chi connectivity index (χ2v) is 11.1. The highest BCUT2D eigenvalue weighted by Crippen LogP contribution is 2.38. The standard InChI is InChI=1S/C25H29N5O4S/c1-16-12-25(2,3)30(14-16)23-20(11-19(13-27-23)18-9-7-17(15-31)8-10-18)24(32)29-35(33,34)22-6-4-5-21(26)28-22/h4-11,13,16,31H,12,14-15H2,1-3H3,(H2,26,28)(H,29,32). The molecule has 0 radical (unpaired) electrons. The largest absolute Gasteiger partial charge is 0.392 e. The number of nitrogens with zero attached hydrogens (tertiary/aromatic N) is 3. The lowest BCUT2D eigenvalue weighted by Gasteiger charge is -2.33. The molecule has 184 valence electrons. The van der Waals surface area contributed by atoms with Gasteiger partial charge in [0, 0.05) is 23.8 Å². The van der Waals surface area contributed by atoms with Crippen LogP contribution in [0.1, 0.15) is 43.1 Å². The summed E-state index contributed by atoms with van der Waals surface area (Å²) in [6, 6.07) is 13.0. The highest BCUT2D eigenvalue weighted by molar-refractivity contribution is 7.90. The number of pyridine rings is 2. The third-order valence-corrected chi connectivity index (χ3v) is 7.39. The van der Waals surface area contributed by atoms with E-state index in [9.17, 15) is 18.3 Å². The first kappa shape index (κ1) is 24.6. The molecule has 4 N–H and O–H groups in total. The SMILES string of the molecule is CC1CN(c2ncc(-c3ccc(CO)cc3)cc2C(=O)NS(=O)(=O)c2cccc(N)n2)C(C)(C)C1. The number of aliphatic hydroxyl groups excluding tert-OH is 1. The Morgan fingerprint density at radius 2 is 1.91 bits per heavy atom. The minimum atomic E-state index is -4.26. The van der Waals surface area contributed by atoms with Crippen LogP contribution in [0, 0.1) is 5.92 Å². The molecule has 35 heavy (non-hydrogen) atoms. The van der Waals surface area contributed by atoms with Crippen molar-refractivity contribution in [3.63, 3.8) is 0 Å². The highest BCUT2D eigenvalue weighted by atomic mass is 32.2. The molecule has 3 aromatic rings. The first-order valence-electron chi connectivity index (χ1n) is 11.3. The number of hydrogen-bond acceptors (Lipinski definition) is 8. The average Bonchev–Trinajstić information content (AvgIpc) is 3.10. The molecule has 1 aliphatic rings. The molecular formula is C25H29N5O4S. The zero-order chi connectivity index (χ0) is 25.4. The van der Waals surface area contributed by atoms with Crippen molar-refractivity contribution >= 4 is 27.6 Å². The van der Waals surface area contributed by atoms with E-state index in [-0.39, 0.29) is 28.6 Å². The number of amides is 1. The zero-order valence-electron chi connectivity index (χ0n) is 19.9. The predicted octanol–water partition coefficient (Wildman–Crippen LogP) is 2.96. The van der Waals surface area contributed by atoms with Crippen molar-refractivity contribution in [1.29, 1.82) is 0 Å². The van der Waals surface area contributed by atoms with Crippen molar-refractivity contribution in [2.75, 3.05) is 17.2 Å². The quantitative estimate of drug-likeness (QED) is 0.474. The molecule has 10 heteroatoms. The average molecular weight is 496 g/mol. The third-order valence-electron chi connectivity index (χ3n) is 6.16. The normalized spacial score (nSPS) is 17.4. The Morgan fingerprint density at radius 3 is 2.51 bits per heavy atom. The van der Waals surface area contributed by atoms with Gasteiger partial charge in [0.25, 0.3) is 15.9 Å². The van der Waals surface area contributed by atoms with Crippen LogP contribution < -0.4 is 15.4 Å². The second kappa shape index (κ2) is 9.27. The van der Waals surface area contributed by atoms with E-state index in [1.807, 2.05) is 12.1 Å². The van der Waals surface area contributed by atoms with Crippen LogP contribution in [-0.4, -0.2) is 41.5 Å². The smallest absolute Gasteiger partial charge is 0.281 e. The fraction of sp³-hybridized carbons (Fsp3) is 0.320. The summed E-state index contributed by atoms with van der Waals surface area (Å²) in [5.41, 5.74) is 7.69. The van der Waals surface area contributed by atoms with E-state index >= 15 is 0 Å². The number of nitrogens with two attached hydrogens (primary N) is 1. The summed E-state index contributed by atoms with van der Waals surface area (Å²) in [5.74, 6) is 0.0293. The van der Waals surface area contributed by atoms with Crippen LogP contribution >= 0.6 is 0 Å². The van der Waals surface area contributed by atoms with Crippen molar-refractivity contribution in [1.82, 2.24) is 14.7 Å². The molecule has 1 atom stereocenters. The number of nitrogen functional groups attached to an aromatic ring is 1. The van der Waals surface area contributed by atoms with E-state index in [1.165, 1.54) is 18.2 Å². The van der Waals surface area contributed by atoms with Gasteiger partial charge in [-0.05, 0) is 55.5 Å². The summed E-state index contributed by atoms with van der Waals surface area (Å²) < 4.78 is 27.9. The van der Waals surface area contributed by atoms with Crippen LogP contribution in [0.3, 0.4) is 0 Å². The monoisotopic (exact) mass is 495 g/mol. The Labute approximate surface area is 205 Å². The van der Waals surface area contributed by atoms with E-state index in [0.29, 0.717) is 23.8 Å². The first-order valence-corrected chi connectivity index (χ1v) is 12.8. The van der Waals surface area contributed by atoms with Gasteiger partial charge in [-0.15, -0.1) is 0 Å². The van der Waals surface area contributed by atoms with Crippen LogP contribution in [-0.2, 0) is 16.6 Å². The van der Waals surface area contributed by atoms with Crippen LogP contribution in [0.4, 0.5) is 11.6 Å². The van der Waals surface area contributed by atoms with Gasteiger partial charge in [-0.25, -0.2) is 14.7 Å². The minimum Gasteiger partial charge on any atom is -0.392 e. The van der Waals surface area contributed by atoms with Crippen molar-refractivity contribution in [3.8, 4) is 11.1 Å². The van der Waals surface area contributed by atoms with Crippen molar-refractivity contribution in [2.45, 2.75) is 44.4 Å². The van der Waals surface area contributed by atoms with Crippen LogP contribution in [0.25, 0.3) is 11.1 Å². The van der Waals surface area contributed by atoms with Crippen LogP contribution in [0.15, 0.2) is 59.8 Å². The first-order chi connectivity index (χ1) is 16.5. The number of nitrogens with one attached hydrogen (secondary N) is 1. The minimum absolute atomic E-state index is 0.0313. The van der Waals surface area contributed by atoms with Crippen LogP contribution in [0.2, 0.25) is 0 Å². The summed E-state index contributed by atoms with van der Waals surface area (Å²) in [4.78, 5) is 23.9. The van der Waals surface area contributed by atoms with E-state index < -0.39 is 15.9 Å². The lowest BCUT2D eigenvalue weighted by atomic mass is 9.97. The number of aromatic nitrogens is 2. The van der Waals surface area contributed by atoms with Crippen LogP contribution in [0.5, 0.6) is 0 Å². The summed E-state index contributed by atoms with van der Waals surface area (Å²) in [6.45, 7) is 6.90. The molecule has 1 aliphatic heterocycles. The number of hydrogen-bond donors (Lipinski definition) is 3. The van der Waals surface area contributed by atoms with Crippen molar-refractivity contribution in [2.24, 2.45) is 5.92 Å². The maximum atomic E-state index is 13.4. The topological polar surface area (TPSA) is 139 Å². The van der Waals surface area contributed by atoms with Gasteiger partial charge in [0.1, 0.15) is 11.6 Å². The number of sulfonamides is 1. The molecule has 3 heterocycles. The Balaban J connectivity index is 1.77. The molecular weight excluding hydrogens is 466 g/mol. The Morgan fingerprint density at radius 1 is 1.20 bits per heavy atom. The van der Waals surface area contributed by atoms with Gasteiger partial charge in [-0.1, -0.05) is 37.3 Å². The molecule has 0 saturated carbocycles. The fourth-order valence-electron chi connectivity index (χ4n) is 4.57. The van der Waals surface area contributed by atoms with Crippen molar-refractivity contribution < 1.29 is 18.3 Å². The molecule has 1 amide bonds. The molecule has 1 unspecified atom stereocenters. The molecule has 0 bridgehead atoms. The molecule has 4 rings (SSSR count). The lowest BCUT2D eigenvalue weighted by molar-refractivity contribution is 0.0981. The molecule has 9 nitrogen and oxygen atoms in total. The molecule has 1 aromatic carbocycles. The van der Waals surface area contributed by atoms with E-state index in [0.717, 1.165) is 17.5 Å². The van der Waals surface area contributed by atoms with Crippen molar-refractivity contribution in [3.05, 3.63) is 65.9 Å². The molecule has 1 saturated heterocycles. The second-order valence-electron chi connectivity index (χ2n) is 9.52. The predicted molar refractivity (Wildman–Crippen MR) is 134 cm³/mol.